The van der Waals surface area contributed by atoms with Crippen LogP contribution in [0.2, 0.25) is 0 Å². The van der Waals surface area contributed by atoms with Gasteiger partial charge in [0.15, 0.2) is 0 Å². The van der Waals surface area contributed by atoms with Crippen molar-refractivity contribution < 1.29 is 9.53 Å². The summed E-state index contributed by atoms with van der Waals surface area (Å²) in [5.41, 5.74) is 5.69. The van der Waals surface area contributed by atoms with Gasteiger partial charge in [-0.05, 0) is 32.2 Å². The van der Waals surface area contributed by atoms with E-state index in [0.717, 1.165) is 45.4 Å². The van der Waals surface area contributed by atoms with Gasteiger partial charge in [-0.2, -0.15) is 0 Å². The molecule has 0 aromatic rings. The highest BCUT2D eigenvalue weighted by atomic mass is 16.5. The molecule has 0 aliphatic carbocycles. The van der Waals surface area contributed by atoms with Gasteiger partial charge >= 0.3 is 0 Å². The summed E-state index contributed by atoms with van der Waals surface area (Å²) in [6, 6.07) is 0.700. The Labute approximate surface area is 103 Å². The molecule has 2 rings (SSSR count). The third-order valence-corrected chi connectivity index (χ3v) is 3.70. The normalized spacial score (nSPS) is 27.2. The molecule has 2 fully saturated rings. The van der Waals surface area contributed by atoms with Crippen molar-refractivity contribution in [1.29, 1.82) is 0 Å². The number of nitrogens with zero attached hydrogens (tertiary/aromatic N) is 1. The van der Waals surface area contributed by atoms with Crippen molar-refractivity contribution in [3.63, 3.8) is 0 Å². The van der Waals surface area contributed by atoms with E-state index in [1.165, 1.54) is 0 Å². The maximum atomic E-state index is 11.9. The van der Waals surface area contributed by atoms with Crippen molar-refractivity contribution in [3.8, 4) is 0 Å². The Kier molecular flexibility index (Phi) is 4.76. The lowest BCUT2D eigenvalue weighted by atomic mass is 10.1. The van der Waals surface area contributed by atoms with Gasteiger partial charge in [0.25, 0.3) is 0 Å². The number of hydrogen-bond acceptors (Lipinski definition) is 4. The van der Waals surface area contributed by atoms with Crippen LogP contribution < -0.4 is 11.1 Å². The van der Waals surface area contributed by atoms with Gasteiger partial charge in [-0.3, -0.25) is 9.69 Å². The van der Waals surface area contributed by atoms with Gasteiger partial charge in [-0.1, -0.05) is 0 Å². The molecule has 0 bridgehead atoms. The summed E-state index contributed by atoms with van der Waals surface area (Å²) in [7, 11) is 0. The van der Waals surface area contributed by atoms with Gasteiger partial charge in [-0.15, -0.1) is 0 Å². The standard InChI is InChI=1S/C12H23N3O2/c13-8-11-2-1-5-15(11)9-12(16)14-10-3-6-17-7-4-10/h10-11H,1-9,13H2,(H,14,16). The summed E-state index contributed by atoms with van der Waals surface area (Å²) in [6.45, 7) is 3.69. The molecule has 0 saturated carbocycles. The summed E-state index contributed by atoms with van der Waals surface area (Å²) in [5.74, 6) is 0.136. The monoisotopic (exact) mass is 241 g/mol. The zero-order chi connectivity index (χ0) is 12.1. The molecule has 5 heteroatoms. The lowest BCUT2D eigenvalue weighted by molar-refractivity contribution is -0.123. The number of amides is 1. The van der Waals surface area contributed by atoms with E-state index in [-0.39, 0.29) is 5.91 Å². The van der Waals surface area contributed by atoms with Gasteiger partial charge in [0, 0.05) is 31.8 Å². The predicted molar refractivity (Wildman–Crippen MR) is 65.6 cm³/mol. The number of nitrogens with two attached hydrogens (primary N) is 1. The highest BCUT2D eigenvalue weighted by Crippen LogP contribution is 2.15. The van der Waals surface area contributed by atoms with Gasteiger partial charge in [-0.25, -0.2) is 0 Å². The fourth-order valence-corrected chi connectivity index (χ4v) is 2.67. The van der Waals surface area contributed by atoms with E-state index in [2.05, 4.69) is 10.2 Å². The highest BCUT2D eigenvalue weighted by Gasteiger charge is 2.25. The predicted octanol–water partition coefficient (Wildman–Crippen LogP) is -0.295. The smallest absolute Gasteiger partial charge is 0.234 e. The van der Waals surface area contributed by atoms with Crippen molar-refractivity contribution in [2.45, 2.75) is 37.8 Å². The minimum absolute atomic E-state index is 0.136. The number of likely N-dealkylation sites (tertiary alicyclic amines) is 1. The van der Waals surface area contributed by atoms with Crippen molar-refractivity contribution in [1.82, 2.24) is 10.2 Å². The zero-order valence-electron chi connectivity index (χ0n) is 10.4. The quantitative estimate of drug-likeness (QED) is 0.709. The number of hydrogen-bond donors (Lipinski definition) is 2. The van der Waals surface area contributed by atoms with Gasteiger partial charge in [0.05, 0.1) is 6.54 Å². The molecule has 1 amide bonds. The lowest BCUT2D eigenvalue weighted by Gasteiger charge is -2.26. The molecule has 17 heavy (non-hydrogen) atoms. The number of nitrogens with one attached hydrogen (secondary N) is 1. The van der Waals surface area contributed by atoms with Crippen LogP contribution in [0.25, 0.3) is 0 Å². The molecule has 2 heterocycles. The molecule has 3 N–H and O–H groups in total. The van der Waals surface area contributed by atoms with Crippen molar-refractivity contribution in [3.05, 3.63) is 0 Å². The Bertz CT molecular complexity index is 254. The second-order valence-electron chi connectivity index (χ2n) is 4.96. The van der Waals surface area contributed by atoms with Crippen LogP contribution in [0.4, 0.5) is 0 Å². The first-order valence-electron chi connectivity index (χ1n) is 6.61. The fraction of sp³-hybridized carbons (Fsp3) is 0.917. The molecule has 5 nitrogen and oxygen atoms in total. The summed E-state index contributed by atoms with van der Waals surface area (Å²) >= 11 is 0. The van der Waals surface area contributed by atoms with Crippen LogP contribution in [-0.2, 0) is 9.53 Å². The van der Waals surface area contributed by atoms with Gasteiger partial charge in [0.1, 0.15) is 0 Å². The van der Waals surface area contributed by atoms with Gasteiger partial charge < -0.3 is 15.8 Å². The Morgan fingerprint density at radius 2 is 2.12 bits per heavy atom. The maximum Gasteiger partial charge on any atom is 0.234 e. The summed E-state index contributed by atoms with van der Waals surface area (Å²) < 4.78 is 5.27. The molecule has 2 aliphatic heterocycles. The molecule has 2 saturated heterocycles. The molecule has 1 unspecified atom stereocenters. The molecule has 1 atom stereocenters. The topological polar surface area (TPSA) is 67.6 Å². The number of carbonyl (C=O) groups excluding carboxylic acids is 1. The van der Waals surface area contributed by atoms with Crippen LogP contribution in [0.15, 0.2) is 0 Å². The van der Waals surface area contributed by atoms with Crippen LogP contribution in [0.5, 0.6) is 0 Å². The second kappa shape index (κ2) is 6.33. The van der Waals surface area contributed by atoms with Crippen LogP contribution in [0.1, 0.15) is 25.7 Å². The molecule has 0 aromatic carbocycles. The van der Waals surface area contributed by atoms with Crippen molar-refractivity contribution in [2.75, 3.05) is 32.8 Å². The summed E-state index contributed by atoms with van der Waals surface area (Å²) in [4.78, 5) is 14.1. The summed E-state index contributed by atoms with van der Waals surface area (Å²) in [6.07, 6.45) is 4.16. The zero-order valence-corrected chi connectivity index (χ0v) is 10.4. The molecular formula is C12H23N3O2. The van der Waals surface area contributed by atoms with E-state index in [9.17, 15) is 4.79 Å². The average molecular weight is 241 g/mol. The Balaban J connectivity index is 1.72. The van der Waals surface area contributed by atoms with E-state index in [1.54, 1.807) is 0 Å². The third-order valence-electron chi connectivity index (χ3n) is 3.70. The number of carbonyl (C=O) groups is 1. The van der Waals surface area contributed by atoms with E-state index < -0.39 is 0 Å². The third kappa shape index (κ3) is 3.66. The molecule has 0 spiro atoms. The first kappa shape index (κ1) is 12.8. The first-order chi connectivity index (χ1) is 8.29. The van der Waals surface area contributed by atoms with E-state index in [4.69, 9.17) is 10.5 Å². The Morgan fingerprint density at radius 3 is 2.82 bits per heavy atom. The number of ether oxygens (including phenoxy) is 1. The first-order valence-corrected chi connectivity index (χ1v) is 6.61. The molecule has 0 aromatic heterocycles. The minimum atomic E-state index is 0.136. The molecule has 0 radical (unpaired) electrons. The summed E-state index contributed by atoms with van der Waals surface area (Å²) in [5, 5.41) is 3.09. The van der Waals surface area contributed by atoms with E-state index in [1.807, 2.05) is 0 Å². The minimum Gasteiger partial charge on any atom is -0.381 e. The van der Waals surface area contributed by atoms with Gasteiger partial charge in [0.2, 0.25) is 5.91 Å². The SMILES string of the molecule is NCC1CCCN1CC(=O)NC1CCOCC1. The van der Waals surface area contributed by atoms with Crippen LogP contribution in [0.3, 0.4) is 0 Å². The van der Waals surface area contributed by atoms with Crippen LogP contribution >= 0.6 is 0 Å². The highest BCUT2D eigenvalue weighted by molar-refractivity contribution is 5.78. The molecule has 98 valence electrons. The number of rotatable bonds is 4. The van der Waals surface area contributed by atoms with E-state index in [0.29, 0.717) is 25.2 Å². The molecular weight excluding hydrogens is 218 g/mol. The van der Waals surface area contributed by atoms with Crippen LogP contribution in [-0.4, -0.2) is 55.7 Å². The second-order valence-corrected chi connectivity index (χ2v) is 4.96. The maximum absolute atomic E-state index is 11.9. The molecule has 2 aliphatic rings. The lowest BCUT2D eigenvalue weighted by Crippen LogP contribution is -2.46. The van der Waals surface area contributed by atoms with Crippen molar-refractivity contribution in [2.24, 2.45) is 5.73 Å². The Hall–Kier alpha value is -0.650. The van der Waals surface area contributed by atoms with E-state index >= 15 is 0 Å². The largest absolute Gasteiger partial charge is 0.381 e. The van der Waals surface area contributed by atoms with Crippen LogP contribution in [0, 0.1) is 0 Å². The average Bonchev–Trinajstić information content (AvgIpc) is 2.77. The van der Waals surface area contributed by atoms with Crippen molar-refractivity contribution >= 4 is 5.91 Å². The fourth-order valence-electron chi connectivity index (χ4n) is 2.67. The Morgan fingerprint density at radius 1 is 1.35 bits per heavy atom.